The summed E-state index contributed by atoms with van der Waals surface area (Å²) in [6, 6.07) is 14.7. The molecular formula is C20H16N4O4S. The van der Waals surface area contributed by atoms with E-state index in [0.717, 1.165) is 10.5 Å². The van der Waals surface area contributed by atoms with Crippen molar-refractivity contribution in [2.75, 3.05) is 0 Å². The van der Waals surface area contributed by atoms with E-state index in [2.05, 4.69) is 15.8 Å². The Hall–Kier alpha value is -3.72. The van der Waals surface area contributed by atoms with Gasteiger partial charge in [-0.2, -0.15) is 0 Å². The molecule has 0 aliphatic rings. The Balaban J connectivity index is 1.73. The lowest BCUT2D eigenvalue weighted by Crippen LogP contribution is -2.41. The fourth-order valence-corrected chi connectivity index (χ4v) is 3.28. The first-order valence-corrected chi connectivity index (χ1v) is 9.29. The monoisotopic (exact) mass is 408 g/mol. The Kier molecular flexibility index (Phi) is 6.20. The summed E-state index contributed by atoms with van der Waals surface area (Å²) >= 11 is 1.24. The topological polar surface area (TPSA) is 114 Å². The summed E-state index contributed by atoms with van der Waals surface area (Å²) in [4.78, 5) is 40.3. The molecule has 2 amide bonds. The van der Waals surface area contributed by atoms with Crippen molar-refractivity contribution in [3.8, 4) is 0 Å². The van der Waals surface area contributed by atoms with Crippen LogP contribution in [-0.2, 0) is 0 Å². The molecule has 0 aliphatic heterocycles. The van der Waals surface area contributed by atoms with E-state index < -0.39 is 16.7 Å². The third-order valence-corrected chi connectivity index (χ3v) is 4.97. The van der Waals surface area contributed by atoms with Crippen LogP contribution in [0.2, 0.25) is 0 Å². The molecule has 0 atom stereocenters. The average Bonchev–Trinajstić information content (AvgIpc) is 2.74. The van der Waals surface area contributed by atoms with Gasteiger partial charge in [0, 0.05) is 34.5 Å². The number of carbonyl (C=O) groups is 2. The van der Waals surface area contributed by atoms with Gasteiger partial charge in [0.25, 0.3) is 17.5 Å². The first-order valence-electron chi connectivity index (χ1n) is 8.48. The highest BCUT2D eigenvalue weighted by atomic mass is 32.2. The van der Waals surface area contributed by atoms with Gasteiger partial charge >= 0.3 is 0 Å². The van der Waals surface area contributed by atoms with Crippen molar-refractivity contribution in [1.29, 1.82) is 0 Å². The number of aromatic nitrogens is 1. The normalized spacial score (nSPS) is 10.2. The predicted octanol–water partition coefficient (Wildman–Crippen LogP) is 3.52. The maximum atomic E-state index is 12.3. The summed E-state index contributed by atoms with van der Waals surface area (Å²) in [5, 5.41) is 11.5. The van der Waals surface area contributed by atoms with Crippen molar-refractivity contribution in [2.45, 2.75) is 16.7 Å². The molecule has 0 bridgehead atoms. The molecule has 0 saturated heterocycles. The molecule has 0 saturated carbocycles. The SMILES string of the molecule is Cc1ccc(Sc2ccc(C(=O)NNC(=O)c3ccncc3)cc2[N+](=O)[O-])cc1. The van der Waals surface area contributed by atoms with Crippen molar-refractivity contribution < 1.29 is 14.5 Å². The highest BCUT2D eigenvalue weighted by Crippen LogP contribution is 2.35. The van der Waals surface area contributed by atoms with E-state index >= 15 is 0 Å². The second-order valence-corrected chi connectivity index (χ2v) is 7.11. The van der Waals surface area contributed by atoms with Gasteiger partial charge in [-0.25, -0.2) is 0 Å². The fourth-order valence-electron chi connectivity index (χ4n) is 2.38. The highest BCUT2D eigenvalue weighted by molar-refractivity contribution is 7.99. The lowest BCUT2D eigenvalue weighted by atomic mass is 10.2. The van der Waals surface area contributed by atoms with Crippen LogP contribution in [0.15, 0.2) is 76.8 Å². The number of pyridine rings is 1. The van der Waals surface area contributed by atoms with E-state index in [0.29, 0.717) is 10.5 Å². The number of nitro groups is 1. The van der Waals surface area contributed by atoms with Crippen LogP contribution < -0.4 is 10.9 Å². The predicted molar refractivity (Wildman–Crippen MR) is 108 cm³/mol. The highest BCUT2D eigenvalue weighted by Gasteiger charge is 2.19. The molecule has 0 radical (unpaired) electrons. The van der Waals surface area contributed by atoms with Crippen molar-refractivity contribution in [2.24, 2.45) is 0 Å². The van der Waals surface area contributed by atoms with Crippen LogP contribution in [0.5, 0.6) is 0 Å². The fraction of sp³-hybridized carbons (Fsp3) is 0.0500. The molecule has 2 N–H and O–H groups in total. The van der Waals surface area contributed by atoms with E-state index in [1.54, 1.807) is 0 Å². The second kappa shape index (κ2) is 8.98. The van der Waals surface area contributed by atoms with Crippen LogP contribution in [0.4, 0.5) is 5.69 Å². The minimum absolute atomic E-state index is 0.0555. The van der Waals surface area contributed by atoms with E-state index in [4.69, 9.17) is 0 Å². The van der Waals surface area contributed by atoms with Crippen molar-refractivity contribution >= 4 is 29.3 Å². The number of hydrogen-bond acceptors (Lipinski definition) is 6. The number of nitro benzene ring substituents is 1. The van der Waals surface area contributed by atoms with E-state index in [1.165, 1.54) is 54.5 Å². The summed E-state index contributed by atoms with van der Waals surface area (Å²) in [7, 11) is 0. The molecule has 1 heterocycles. The molecule has 0 aliphatic carbocycles. The molecule has 9 heteroatoms. The smallest absolute Gasteiger partial charge is 0.267 e. The molecule has 1 aromatic heterocycles. The van der Waals surface area contributed by atoms with Crippen LogP contribution in [0, 0.1) is 17.0 Å². The lowest BCUT2D eigenvalue weighted by molar-refractivity contribution is -0.387. The van der Waals surface area contributed by atoms with Gasteiger partial charge in [-0.05, 0) is 43.3 Å². The van der Waals surface area contributed by atoms with Crippen LogP contribution in [0.25, 0.3) is 0 Å². The average molecular weight is 408 g/mol. The molecule has 8 nitrogen and oxygen atoms in total. The van der Waals surface area contributed by atoms with Gasteiger partial charge in [0.2, 0.25) is 0 Å². The quantitative estimate of drug-likeness (QED) is 0.493. The number of hydrogen-bond donors (Lipinski definition) is 2. The first-order chi connectivity index (χ1) is 13.9. The summed E-state index contributed by atoms with van der Waals surface area (Å²) < 4.78 is 0. The number of benzene rings is 2. The molecule has 3 aromatic rings. The zero-order valence-electron chi connectivity index (χ0n) is 15.3. The third-order valence-electron chi connectivity index (χ3n) is 3.90. The number of aryl methyl sites for hydroxylation is 1. The van der Waals surface area contributed by atoms with E-state index in [-0.39, 0.29) is 11.3 Å². The Morgan fingerprint density at radius 2 is 1.55 bits per heavy atom. The van der Waals surface area contributed by atoms with Gasteiger partial charge in [0.15, 0.2) is 0 Å². The van der Waals surface area contributed by atoms with E-state index in [9.17, 15) is 19.7 Å². The number of hydrazine groups is 1. The number of nitrogens with zero attached hydrogens (tertiary/aromatic N) is 2. The maximum absolute atomic E-state index is 12.3. The third kappa shape index (κ3) is 5.17. The largest absolute Gasteiger partial charge is 0.284 e. The van der Waals surface area contributed by atoms with Crippen LogP contribution in [0.3, 0.4) is 0 Å². The van der Waals surface area contributed by atoms with Crippen molar-refractivity contribution in [1.82, 2.24) is 15.8 Å². The molecule has 29 heavy (non-hydrogen) atoms. The Labute approximate surface area is 170 Å². The number of carbonyl (C=O) groups excluding carboxylic acids is 2. The van der Waals surface area contributed by atoms with Crippen LogP contribution in [0.1, 0.15) is 26.3 Å². The zero-order chi connectivity index (χ0) is 20.8. The number of rotatable bonds is 5. The standard InChI is InChI=1S/C20H16N4O4S/c1-13-2-5-16(6-3-13)29-18-7-4-15(12-17(18)24(27)28)20(26)23-22-19(25)14-8-10-21-11-9-14/h2-12H,1H3,(H,22,25)(H,23,26). The Morgan fingerprint density at radius 1 is 0.931 bits per heavy atom. The number of amides is 2. The molecule has 0 spiro atoms. The molecule has 146 valence electrons. The van der Waals surface area contributed by atoms with Gasteiger partial charge in [-0.1, -0.05) is 29.5 Å². The van der Waals surface area contributed by atoms with Gasteiger partial charge in [-0.15, -0.1) is 0 Å². The summed E-state index contributed by atoms with van der Waals surface area (Å²) in [5.41, 5.74) is 5.78. The molecule has 3 rings (SSSR count). The summed E-state index contributed by atoms with van der Waals surface area (Å²) in [6.07, 6.45) is 2.90. The Bertz CT molecular complexity index is 1060. The Morgan fingerprint density at radius 3 is 2.17 bits per heavy atom. The zero-order valence-corrected chi connectivity index (χ0v) is 16.1. The van der Waals surface area contributed by atoms with Gasteiger partial charge < -0.3 is 0 Å². The first kappa shape index (κ1) is 20.0. The van der Waals surface area contributed by atoms with Gasteiger partial charge in [-0.3, -0.25) is 35.5 Å². The van der Waals surface area contributed by atoms with Gasteiger partial charge in [0.1, 0.15) is 0 Å². The van der Waals surface area contributed by atoms with Crippen molar-refractivity contribution in [3.05, 3.63) is 93.8 Å². The molecule has 0 unspecified atom stereocenters. The molecule has 0 fully saturated rings. The summed E-state index contributed by atoms with van der Waals surface area (Å²) in [6.45, 7) is 1.96. The number of nitrogens with one attached hydrogen (secondary N) is 2. The minimum atomic E-state index is -0.664. The van der Waals surface area contributed by atoms with Gasteiger partial charge in [0.05, 0.1) is 9.82 Å². The lowest BCUT2D eigenvalue weighted by Gasteiger charge is -2.09. The van der Waals surface area contributed by atoms with Crippen LogP contribution >= 0.6 is 11.8 Å². The minimum Gasteiger partial charge on any atom is -0.267 e. The molecule has 2 aromatic carbocycles. The molecular weight excluding hydrogens is 392 g/mol. The van der Waals surface area contributed by atoms with Crippen molar-refractivity contribution in [3.63, 3.8) is 0 Å². The van der Waals surface area contributed by atoms with Crippen LogP contribution in [-0.4, -0.2) is 21.7 Å². The van der Waals surface area contributed by atoms with E-state index in [1.807, 2.05) is 31.2 Å². The summed E-state index contributed by atoms with van der Waals surface area (Å²) in [5.74, 6) is -1.19. The maximum Gasteiger partial charge on any atom is 0.284 e. The second-order valence-electron chi connectivity index (χ2n) is 6.00.